The lowest BCUT2D eigenvalue weighted by atomic mass is 9.93. The van der Waals surface area contributed by atoms with Gasteiger partial charge in [-0.1, -0.05) is 6.92 Å². The molecule has 1 amide bonds. The summed E-state index contributed by atoms with van der Waals surface area (Å²) in [5, 5.41) is 0. The number of nitrogens with zero attached hydrogens (tertiary/aromatic N) is 1. The Bertz CT molecular complexity index is 765. The molecule has 23 heavy (non-hydrogen) atoms. The molecule has 1 aliphatic carbocycles. The Balaban J connectivity index is 2.15. The fourth-order valence-electron chi connectivity index (χ4n) is 2.99. The van der Waals surface area contributed by atoms with Gasteiger partial charge in [-0.15, -0.1) is 0 Å². The molecule has 120 valence electrons. The number of benzene rings is 1. The van der Waals surface area contributed by atoms with E-state index in [0.29, 0.717) is 34.0 Å². The van der Waals surface area contributed by atoms with E-state index in [0.717, 1.165) is 18.9 Å². The van der Waals surface area contributed by atoms with Crippen LogP contribution in [0, 0.1) is 24.5 Å². The molecule has 2 aromatic rings. The number of halogens is 2. The van der Waals surface area contributed by atoms with E-state index in [1.54, 1.807) is 13.0 Å². The van der Waals surface area contributed by atoms with Crippen molar-refractivity contribution in [3.8, 4) is 11.1 Å². The van der Waals surface area contributed by atoms with Crippen molar-refractivity contribution in [2.45, 2.75) is 32.6 Å². The summed E-state index contributed by atoms with van der Waals surface area (Å²) in [5.41, 5.74) is 8.00. The molecule has 1 fully saturated rings. The molecule has 1 atom stereocenters. The second-order valence-corrected chi connectivity index (χ2v) is 6.20. The van der Waals surface area contributed by atoms with Crippen LogP contribution in [0.25, 0.3) is 11.1 Å². The minimum atomic E-state index is -0.671. The molecule has 1 saturated carbocycles. The zero-order valence-electron chi connectivity index (χ0n) is 13.1. The predicted molar refractivity (Wildman–Crippen MR) is 84.0 cm³/mol. The molecule has 0 spiro atoms. The van der Waals surface area contributed by atoms with Crippen LogP contribution >= 0.6 is 0 Å². The lowest BCUT2D eigenvalue weighted by Gasteiger charge is -2.17. The normalized spacial score (nSPS) is 15.5. The van der Waals surface area contributed by atoms with Gasteiger partial charge in [0.15, 0.2) is 0 Å². The van der Waals surface area contributed by atoms with Crippen LogP contribution in [0.2, 0.25) is 0 Å². The molecular formula is C18H18F2N2O. The predicted octanol–water partition coefficient (Wildman–Crippen LogP) is 3.95. The maximum Gasteiger partial charge on any atom is 0.250 e. The lowest BCUT2D eigenvalue weighted by Crippen LogP contribution is -2.18. The number of hydrogen-bond acceptors (Lipinski definition) is 2. The van der Waals surface area contributed by atoms with E-state index in [4.69, 9.17) is 5.73 Å². The Hall–Kier alpha value is -2.30. The Kier molecular flexibility index (Phi) is 3.88. The van der Waals surface area contributed by atoms with Crippen LogP contribution in [0.15, 0.2) is 24.3 Å². The van der Waals surface area contributed by atoms with Crippen LogP contribution in [0.4, 0.5) is 8.78 Å². The second-order valence-electron chi connectivity index (χ2n) is 6.20. The summed E-state index contributed by atoms with van der Waals surface area (Å²) < 4.78 is 26.9. The summed E-state index contributed by atoms with van der Waals surface area (Å²) in [6.07, 6.45) is 2.24. The highest BCUT2D eigenvalue weighted by Crippen LogP contribution is 2.43. The summed E-state index contributed by atoms with van der Waals surface area (Å²) in [7, 11) is 0. The highest BCUT2D eigenvalue weighted by atomic mass is 19.1. The van der Waals surface area contributed by atoms with E-state index in [9.17, 15) is 13.6 Å². The fraction of sp³-hybridized carbons (Fsp3) is 0.333. The largest absolute Gasteiger partial charge is 0.366 e. The minimum Gasteiger partial charge on any atom is -0.366 e. The quantitative estimate of drug-likeness (QED) is 0.928. The van der Waals surface area contributed by atoms with Gasteiger partial charge in [-0.05, 0) is 49.4 Å². The number of aromatic nitrogens is 1. The summed E-state index contributed by atoms with van der Waals surface area (Å²) in [4.78, 5) is 16.4. The van der Waals surface area contributed by atoms with E-state index in [1.165, 1.54) is 12.1 Å². The summed E-state index contributed by atoms with van der Waals surface area (Å²) in [6.45, 7) is 3.81. The van der Waals surface area contributed by atoms with Gasteiger partial charge in [0.2, 0.25) is 0 Å². The second kappa shape index (κ2) is 5.72. The molecule has 5 heteroatoms. The van der Waals surface area contributed by atoms with Crippen LogP contribution in [0.5, 0.6) is 0 Å². The number of carbonyl (C=O) groups is 1. The molecule has 1 aromatic carbocycles. The van der Waals surface area contributed by atoms with E-state index in [2.05, 4.69) is 4.98 Å². The van der Waals surface area contributed by atoms with Crippen LogP contribution in [0.3, 0.4) is 0 Å². The van der Waals surface area contributed by atoms with Gasteiger partial charge in [-0.3, -0.25) is 9.78 Å². The van der Waals surface area contributed by atoms with Crippen molar-refractivity contribution in [1.29, 1.82) is 0 Å². The molecule has 1 heterocycles. The van der Waals surface area contributed by atoms with Crippen molar-refractivity contribution >= 4 is 5.91 Å². The standard InChI is InChI=1S/C18H18F2N2O/c1-9(11-3-4-11)17-16(18(21)23)8-15(10(2)22-17)12-5-13(19)7-14(20)6-12/h5-9,11H,3-4H2,1-2H3,(H2,21,23)/t9-/m0/s1. The number of pyridine rings is 1. The van der Waals surface area contributed by atoms with E-state index < -0.39 is 17.5 Å². The van der Waals surface area contributed by atoms with E-state index in [-0.39, 0.29) is 5.92 Å². The molecule has 0 radical (unpaired) electrons. The number of hydrogen-bond donors (Lipinski definition) is 1. The first-order valence-electron chi connectivity index (χ1n) is 7.64. The van der Waals surface area contributed by atoms with Crippen molar-refractivity contribution in [1.82, 2.24) is 4.98 Å². The summed E-state index contributed by atoms with van der Waals surface area (Å²) >= 11 is 0. The molecule has 3 rings (SSSR count). The Morgan fingerprint density at radius 1 is 1.22 bits per heavy atom. The highest BCUT2D eigenvalue weighted by molar-refractivity contribution is 5.95. The van der Waals surface area contributed by atoms with Gasteiger partial charge in [-0.25, -0.2) is 8.78 Å². The molecule has 0 unspecified atom stereocenters. The smallest absolute Gasteiger partial charge is 0.250 e. The van der Waals surface area contributed by atoms with Crippen molar-refractivity contribution in [3.63, 3.8) is 0 Å². The Labute approximate surface area is 133 Å². The lowest BCUT2D eigenvalue weighted by molar-refractivity contribution is 0.0998. The number of nitrogens with two attached hydrogens (primary N) is 1. The van der Waals surface area contributed by atoms with E-state index >= 15 is 0 Å². The first kappa shape index (κ1) is 15.6. The molecule has 0 saturated heterocycles. The summed E-state index contributed by atoms with van der Waals surface area (Å²) in [5.74, 6) is -1.24. The first-order valence-corrected chi connectivity index (χ1v) is 7.64. The maximum absolute atomic E-state index is 13.5. The van der Waals surface area contributed by atoms with Gasteiger partial charge in [0.05, 0.1) is 11.3 Å². The molecule has 3 nitrogen and oxygen atoms in total. The van der Waals surface area contributed by atoms with Gasteiger partial charge in [-0.2, -0.15) is 0 Å². The molecule has 0 aliphatic heterocycles. The highest BCUT2D eigenvalue weighted by Gasteiger charge is 2.32. The average molecular weight is 316 g/mol. The van der Waals surface area contributed by atoms with Crippen molar-refractivity contribution < 1.29 is 13.6 Å². The van der Waals surface area contributed by atoms with Crippen LogP contribution in [-0.4, -0.2) is 10.9 Å². The Morgan fingerprint density at radius 3 is 2.35 bits per heavy atom. The summed E-state index contributed by atoms with van der Waals surface area (Å²) in [6, 6.07) is 4.86. The zero-order chi connectivity index (χ0) is 16.7. The minimum absolute atomic E-state index is 0.148. The van der Waals surface area contributed by atoms with Gasteiger partial charge in [0.25, 0.3) is 5.91 Å². The maximum atomic E-state index is 13.5. The Morgan fingerprint density at radius 2 is 1.83 bits per heavy atom. The number of rotatable bonds is 4. The monoisotopic (exact) mass is 316 g/mol. The van der Waals surface area contributed by atoms with Crippen molar-refractivity contribution in [3.05, 3.63) is 52.9 Å². The van der Waals surface area contributed by atoms with Crippen molar-refractivity contribution in [2.24, 2.45) is 11.7 Å². The third-order valence-electron chi connectivity index (χ3n) is 4.44. The number of aryl methyl sites for hydroxylation is 1. The average Bonchev–Trinajstić information content (AvgIpc) is 3.29. The fourth-order valence-corrected chi connectivity index (χ4v) is 2.99. The van der Waals surface area contributed by atoms with Crippen LogP contribution in [0.1, 0.15) is 47.4 Å². The van der Waals surface area contributed by atoms with Crippen molar-refractivity contribution in [2.75, 3.05) is 0 Å². The number of carbonyl (C=O) groups excluding carboxylic acids is 1. The number of amides is 1. The first-order chi connectivity index (χ1) is 10.9. The molecule has 1 aliphatic rings. The molecule has 0 bridgehead atoms. The zero-order valence-corrected chi connectivity index (χ0v) is 13.1. The van der Waals surface area contributed by atoms with Crippen LogP contribution in [-0.2, 0) is 0 Å². The van der Waals surface area contributed by atoms with Gasteiger partial charge < -0.3 is 5.73 Å². The SMILES string of the molecule is Cc1nc([C@@H](C)C2CC2)c(C(N)=O)cc1-c1cc(F)cc(F)c1. The molecule has 1 aromatic heterocycles. The third kappa shape index (κ3) is 3.09. The van der Waals surface area contributed by atoms with Gasteiger partial charge >= 0.3 is 0 Å². The molecular weight excluding hydrogens is 298 g/mol. The third-order valence-corrected chi connectivity index (χ3v) is 4.44. The molecule has 2 N–H and O–H groups in total. The topological polar surface area (TPSA) is 56.0 Å². The van der Waals surface area contributed by atoms with E-state index in [1.807, 2.05) is 6.92 Å². The number of primary amides is 1. The van der Waals surface area contributed by atoms with Crippen LogP contribution < -0.4 is 5.73 Å². The van der Waals surface area contributed by atoms with Gasteiger partial charge in [0, 0.05) is 23.2 Å². The van der Waals surface area contributed by atoms with Gasteiger partial charge in [0.1, 0.15) is 11.6 Å².